The maximum atomic E-state index is 12.6. The van der Waals surface area contributed by atoms with Crippen LogP contribution in [0.2, 0.25) is 0 Å². The number of alkyl halides is 3. The van der Waals surface area contributed by atoms with Gasteiger partial charge >= 0.3 is 6.18 Å². The Balaban J connectivity index is 0.00000200. The molecule has 1 aromatic heterocycles. The Morgan fingerprint density at radius 3 is 2.65 bits per heavy atom. The van der Waals surface area contributed by atoms with Crippen molar-refractivity contribution in [1.82, 2.24) is 4.57 Å². The molecule has 0 aliphatic carbocycles. The highest BCUT2D eigenvalue weighted by Crippen LogP contribution is 2.32. The van der Waals surface area contributed by atoms with Gasteiger partial charge in [-0.05, 0) is 24.0 Å². The van der Waals surface area contributed by atoms with Gasteiger partial charge in [-0.2, -0.15) is 24.9 Å². The molecule has 0 saturated heterocycles. The molecule has 0 aliphatic heterocycles. The first-order valence-corrected chi connectivity index (χ1v) is 7.73. The first kappa shape index (κ1) is 17.4. The van der Waals surface area contributed by atoms with Crippen LogP contribution < -0.4 is 4.80 Å². The molecule has 0 spiro atoms. The summed E-state index contributed by atoms with van der Waals surface area (Å²) in [4.78, 5) is 0.297. The number of benzene rings is 1. The molecule has 0 unspecified atom stereocenters. The third kappa shape index (κ3) is 3.71. The maximum absolute atomic E-state index is 12.6. The summed E-state index contributed by atoms with van der Waals surface area (Å²) < 4.78 is 40.1. The molecular formula is C12H14ClF3N2S2. The molecule has 0 amide bonds. The van der Waals surface area contributed by atoms with Gasteiger partial charge in [-0.3, -0.25) is 5.41 Å². The summed E-state index contributed by atoms with van der Waals surface area (Å²) in [7, 11) is 0. The average Bonchev–Trinajstić information content (AvgIpc) is 2.64. The summed E-state index contributed by atoms with van der Waals surface area (Å²) >= 11 is 2.84. The van der Waals surface area contributed by atoms with Crippen molar-refractivity contribution < 1.29 is 13.2 Å². The molecule has 2 nitrogen and oxygen atoms in total. The molecule has 0 saturated carbocycles. The highest BCUT2D eigenvalue weighted by molar-refractivity contribution is 7.99. The SMILES string of the molecule is CCSCCn1c(=N)sc2cc(C(F)(F)F)ccc21.Cl. The largest absolute Gasteiger partial charge is 0.416 e. The molecule has 1 heterocycles. The van der Waals surface area contributed by atoms with Crippen LogP contribution in [0.1, 0.15) is 12.5 Å². The zero-order valence-corrected chi connectivity index (χ0v) is 13.1. The smallest absolute Gasteiger partial charge is 0.316 e. The van der Waals surface area contributed by atoms with E-state index in [-0.39, 0.29) is 12.4 Å². The first-order chi connectivity index (χ1) is 8.93. The van der Waals surface area contributed by atoms with E-state index in [1.807, 2.05) is 0 Å². The third-order valence-corrected chi connectivity index (χ3v) is 4.53. The molecule has 8 heteroatoms. The van der Waals surface area contributed by atoms with E-state index in [9.17, 15) is 13.2 Å². The van der Waals surface area contributed by atoms with Gasteiger partial charge in [0.2, 0.25) is 0 Å². The number of rotatable bonds is 4. The predicted octanol–water partition coefficient (Wildman–Crippen LogP) is 4.38. The highest BCUT2D eigenvalue weighted by atomic mass is 35.5. The Labute approximate surface area is 128 Å². The summed E-state index contributed by atoms with van der Waals surface area (Å²) in [5, 5.41) is 7.85. The number of nitrogens with one attached hydrogen (secondary N) is 1. The minimum Gasteiger partial charge on any atom is -0.316 e. The Morgan fingerprint density at radius 1 is 1.35 bits per heavy atom. The molecule has 20 heavy (non-hydrogen) atoms. The zero-order chi connectivity index (χ0) is 14.0. The van der Waals surface area contributed by atoms with Crippen LogP contribution in [0.25, 0.3) is 10.2 Å². The first-order valence-electron chi connectivity index (χ1n) is 5.76. The van der Waals surface area contributed by atoms with Crippen molar-refractivity contribution in [2.45, 2.75) is 19.6 Å². The summed E-state index contributed by atoms with van der Waals surface area (Å²) in [5.74, 6) is 1.86. The number of thioether (sulfide) groups is 1. The molecule has 1 aromatic carbocycles. The predicted molar refractivity (Wildman–Crippen MR) is 80.9 cm³/mol. The zero-order valence-electron chi connectivity index (χ0n) is 10.7. The van der Waals surface area contributed by atoms with Crippen LogP contribution in [-0.4, -0.2) is 16.1 Å². The van der Waals surface area contributed by atoms with E-state index in [1.165, 1.54) is 6.07 Å². The van der Waals surface area contributed by atoms with Crippen LogP contribution in [0.15, 0.2) is 18.2 Å². The minimum absolute atomic E-state index is 0. The Bertz CT molecular complexity index is 634. The minimum atomic E-state index is -4.33. The summed E-state index contributed by atoms with van der Waals surface area (Å²) in [5.41, 5.74) is 0.0519. The second-order valence-electron chi connectivity index (χ2n) is 3.94. The number of thiazole rings is 1. The molecule has 0 bridgehead atoms. The van der Waals surface area contributed by atoms with Crippen molar-refractivity contribution in [3.05, 3.63) is 28.6 Å². The quantitative estimate of drug-likeness (QED) is 0.821. The fraction of sp³-hybridized carbons (Fsp3) is 0.417. The standard InChI is InChI=1S/C12H13F3N2S2.ClH/c1-2-18-6-5-17-9-4-3-8(12(13,14)15)7-10(9)19-11(17)16;/h3-4,7,16H,2,5-6H2,1H3;1H. The van der Waals surface area contributed by atoms with Crippen LogP contribution in [0.5, 0.6) is 0 Å². The number of fused-ring (bicyclic) bond motifs is 1. The topological polar surface area (TPSA) is 28.8 Å². The number of nitrogens with zero attached hydrogens (tertiary/aromatic N) is 1. The lowest BCUT2D eigenvalue weighted by molar-refractivity contribution is -0.137. The maximum Gasteiger partial charge on any atom is 0.416 e. The summed E-state index contributed by atoms with van der Waals surface area (Å²) in [6.07, 6.45) is -4.33. The lowest BCUT2D eigenvalue weighted by Gasteiger charge is -2.07. The Hall–Kier alpha value is -0.660. The fourth-order valence-corrected chi connectivity index (χ4v) is 3.36. The molecule has 0 aliphatic rings. The number of aryl methyl sites for hydroxylation is 1. The van der Waals surface area contributed by atoms with Crippen molar-refractivity contribution in [3.63, 3.8) is 0 Å². The van der Waals surface area contributed by atoms with E-state index in [1.54, 1.807) is 16.3 Å². The Morgan fingerprint density at radius 2 is 2.05 bits per heavy atom. The van der Waals surface area contributed by atoms with Crippen molar-refractivity contribution in [2.75, 3.05) is 11.5 Å². The van der Waals surface area contributed by atoms with Gasteiger partial charge in [0.1, 0.15) is 0 Å². The van der Waals surface area contributed by atoms with Gasteiger partial charge in [0, 0.05) is 12.3 Å². The number of hydrogen-bond donors (Lipinski definition) is 1. The molecule has 0 fully saturated rings. The van der Waals surface area contributed by atoms with Gasteiger partial charge < -0.3 is 4.57 Å². The Kier molecular flexibility index (Phi) is 5.97. The van der Waals surface area contributed by atoms with Gasteiger partial charge in [0.25, 0.3) is 0 Å². The van der Waals surface area contributed by atoms with Crippen LogP contribution in [0.3, 0.4) is 0 Å². The van der Waals surface area contributed by atoms with Gasteiger partial charge in [0.05, 0.1) is 15.8 Å². The fourth-order valence-electron chi connectivity index (χ4n) is 1.79. The van der Waals surface area contributed by atoms with Gasteiger partial charge in [-0.1, -0.05) is 18.3 Å². The van der Waals surface area contributed by atoms with Crippen molar-refractivity contribution >= 4 is 45.7 Å². The van der Waals surface area contributed by atoms with E-state index < -0.39 is 11.7 Å². The van der Waals surface area contributed by atoms with E-state index in [0.717, 1.165) is 35.0 Å². The van der Waals surface area contributed by atoms with Gasteiger partial charge in [-0.15, -0.1) is 12.4 Å². The molecule has 0 radical (unpaired) electrons. The second kappa shape index (κ2) is 6.87. The number of halogens is 4. The van der Waals surface area contributed by atoms with E-state index >= 15 is 0 Å². The normalized spacial score (nSPS) is 11.6. The van der Waals surface area contributed by atoms with Crippen LogP contribution in [0.4, 0.5) is 13.2 Å². The van der Waals surface area contributed by atoms with E-state index in [0.29, 0.717) is 21.6 Å². The van der Waals surface area contributed by atoms with Crippen LogP contribution in [0, 0.1) is 5.41 Å². The van der Waals surface area contributed by atoms with Crippen molar-refractivity contribution in [2.24, 2.45) is 0 Å². The van der Waals surface area contributed by atoms with E-state index in [4.69, 9.17) is 5.41 Å². The lowest BCUT2D eigenvalue weighted by atomic mass is 10.2. The number of hydrogen-bond acceptors (Lipinski definition) is 3. The monoisotopic (exact) mass is 342 g/mol. The summed E-state index contributed by atoms with van der Waals surface area (Å²) in [6, 6.07) is 3.67. The second-order valence-corrected chi connectivity index (χ2v) is 6.36. The van der Waals surface area contributed by atoms with Crippen molar-refractivity contribution in [1.29, 1.82) is 5.41 Å². The lowest BCUT2D eigenvalue weighted by Crippen LogP contribution is -2.14. The summed E-state index contributed by atoms with van der Waals surface area (Å²) in [6.45, 7) is 2.71. The average molecular weight is 343 g/mol. The van der Waals surface area contributed by atoms with Crippen LogP contribution in [-0.2, 0) is 12.7 Å². The van der Waals surface area contributed by atoms with Crippen LogP contribution >= 0.6 is 35.5 Å². The van der Waals surface area contributed by atoms with Gasteiger partial charge in [-0.25, -0.2) is 0 Å². The third-order valence-electron chi connectivity index (χ3n) is 2.69. The molecule has 0 atom stereocenters. The van der Waals surface area contributed by atoms with Gasteiger partial charge in [0.15, 0.2) is 4.80 Å². The molecule has 112 valence electrons. The van der Waals surface area contributed by atoms with Crippen molar-refractivity contribution in [3.8, 4) is 0 Å². The molecule has 1 N–H and O–H groups in total. The number of aromatic nitrogens is 1. The van der Waals surface area contributed by atoms with E-state index in [2.05, 4.69) is 6.92 Å². The molecular weight excluding hydrogens is 329 g/mol. The highest BCUT2D eigenvalue weighted by Gasteiger charge is 2.30. The molecule has 2 rings (SSSR count). The molecule has 2 aromatic rings.